The Hall–Kier alpha value is -3.71. The molecule has 1 atom stereocenters. The molecule has 1 unspecified atom stereocenters. The number of aromatic nitrogens is 1. The van der Waals surface area contributed by atoms with Crippen molar-refractivity contribution in [2.45, 2.75) is 13.0 Å². The number of hydrogen-bond acceptors (Lipinski definition) is 5. The van der Waals surface area contributed by atoms with Gasteiger partial charge in [-0.25, -0.2) is 9.37 Å². The van der Waals surface area contributed by atoms with E-state index in [1.54, 1.807) is 19.2 Å². The number of halogens is 1. The number of methoxy groups -OCH3 is 1. The highest BCUT2D eigenvalue weighted by Gasteiger charge is 2.19. The number of anilines is 2. The molecule has 5 nitrogen and oxygen atoms in total. The van der Waals surface area contributed by atoms with Gasteiger partial charge in [0.05, 0.1) is 18.8 Å². The molecular weight excluding hydrogens is 437 g/mol. The molecule has 1 aromatic heterocycles. The zero-order valence-electron chi connectivity index (χ0n) is 18.4. The molecule has 3 aromatic carbocycles. The lowest BCUT2D eigenvalue weighted by atomic mass is 10.1. The average Bonchev–Trinajstić information content (AvgIpc) is 3.33. The number of thiazole rings is 1. The highest BCUT2D eigenvalue weighted by atomic mass is 32.1. The van der Waals surface area contributed by atoms with Crippen molar-refractivity contribution in [3.63, 3.8) is 0 Å². The van der Waals surface area contributed by atoms with Gasteiger partial charge in [0.1, 0.15) is 18.1 Å². The van der Waals surface area contributed by atoms with Gasteiger partial charge in [-0.2, -0.15) is 0 Å². The highest BCUT2D eigenvalue weighted by molar-refractivity contribution is 7.14. The van der Waals surface area contributed by atoms with Gasteiger partial charge in [-0.05, 0) is 61.0 Å². The monoisotopic (exact) mass is 461 g/mol. The topological polar surface area (TPSA) is 54.5 Å². The van der Waals surface area contributed by atoms with Gasteiger partial charge in [-0.15, -0.1) is 11.3 Å². The van der Waals surface area contributed by atoms with E-state index in [-0.39, 0.29) is 24.3 Å². The Labute approximate surface area is 196 Å². The molecule has 0 saturated heterocycles. The highest BCUT2D eigenvalue weighted by Crippen LogP contribution is 2.33. The van der Waals surface area contributed by atoms with Crippen molar-refractivity contribution >= 4 is 28.1 Å². The van der Waals surface area contributed by atoms with Crippen LogP contribution in [0.4, 0.5) is 15.2 Å². The Morgan fingerprint density at radius 2 is 1.76 bits per heavy atom. The van der Waals surface area contributed by atoms with E-state index in [4.69, 9.17) is 9.72 Å². The van der Waals surface area contributed by atoms with Crippen LogP contribution in [-0.4, -0.2) is 24.5 Å². The van der Waals surface area contributed by atoms with E-state index in [2.05, 4.69) is 5.32 Å². The summed E-state index contributed by atoms with van der Waals surface area (Å²) < 4.78 is 18.6. The van der Waals surface area contributed by atoms with Gasteiger partial charge < -0.3 is 15.0 Å². The summed E-state index contributed by atoms with van der Waals surface area (Å²) in [4.78, 5) is 19.6. The lowest BCUT2D eigenvalue weighted by Gasteiger charge is -2.23. The molecule has 0 spiro atoms. The van der Waals surface area contributed by atoms with Crippen LogP contribution in [-0.2, 0) is 4.79 Å². The van der Waals surface area contributed by atoms with E-state index in [1.165, 1.54) is 23.5 Å². The number of amides is 1. The van der Waals surface area contributed by atoms with E-state index in [0.29, 0.717) is 5.13 Å². The molecule has 1 amide bonds. The van der Waals surface area contributed by atoms with Crippen LogP contribution in [0.5, 0.6) is 5.75 Å². The Morgan fingerprint density at radius 1 is 1.06 bits per heavy atom. The summed E-state index contributed by atoms with van der Waals surface area (Å²) >= 11 is 1.43. The third kappa shape index (κ3) is 5.56. The fraction of sp³-hybridized carbons (Fsp3) is 0.154. The van der Waals surface area contributed by atoms with Gasteiger partial charge in [0, 0.05) is 16.6 Å². The van der Waals surface area contributed by atoms with Crippen molar-refractivity contribution in [3.8, 4) is 17.0 Å². The standard InChI is InChI=1S/C26H24FN3O2S/c1-18(19-6-4-3-5-7-19)28-25(31)16-30(22-12-14-23(32-2)15-13-22)26-29-24(17-33-26)20-8-10-21(27)11-9-20/h3-15,17-18H,16H2,1-2H3,(H,28,31). The fourth-order valence-electron chi connectivity index (χ4n) is 3.43. The molecule has 7 heteroatoms. The summed E-state index contributed by atoms with van der Waals surface area (Å²) in [6.45, 7) is 2.06. The van der Waals surface area contributed by atoms with Gasteiger partial charge in [0.25, 0.3) is 0 Å². The van der Waals surface area contributed by atoms with Crippen LogP contribution in [0.25, 0.3) is 11.3 Å². The van der Waals surface area contributed by atoms with Crippen molar-refractivity contribution in [2.75, 3.05) is 18.6 Å². The Morgan fingerprint density at radius 3 is 2.42 bits per heavy atom. The minimum Gasteiger partial charge on any atom is -0.497 e. The third-order valence-corrected chi connectivity index (χ3v) is 6.09. The first-order chi connectivity index (χ1) is 16.0. The molecule has 168 valence electrons. The molecule has 4 rings (SSSR count). The second-order valence-corrected chi connectivity index (χ2v) is 8.34. The second kappa shape index (κ2) is 10.3. The van der Waals surface area contributed by atoms with Crippen LogP contribution in [0.15, 0.2) is 84.2 Å². The number of benzene rings is 3. The minimum atomic E-state index is -0.293. The van der Waals surface area contributed by atoms with Crippen LogP contribution in [0, 0.1) is 5.82 Å². The summed E-state index contributed by atoms with van der Waals surface area (Å²) in [5.74, 6) is 0.311. The number of nitrogens with one attached hydrogen (secondary N) is 1. The number of nitrogens with zero attached hydrogens (tertiary/aromatic N) is 2. The maximum atomic E-state index is 13.3. The molecule has 1 N–H and O–H groups in total. The maximum absolute atomic E-state index is 13.3. The summed E-state index contributed by atoms with van der Waals surface area (Å²) in [7, 11) is 1.61. The number of rotatable bonds is 8. The summed E-state index contributed by atoms with van der Waals surface area (Å²) in [6.07, 6.45) is 0. The molecule has 0 saturated carbocycles. The molecule has 0 fully saturated rings. The van der Waals surface area contributed by atoms with Gasteiger partial charge in [0.15, 0.2) is 5.13 Å². The van der Waals surface area contributed by atoms with E-state index in [9.17, 15) is 9.18 Å². The van der Waals surface area contributed by atoms with Crippen LogP contribution in [0.3, 0.4) is 0 Å². The van der Waals surface area contributed by atoms with Gasteiger partial charge in [-0.1, -0.05) is 30.3 Å². The first kappa shape index (κ1) is 22.5. The zero-order chi connectivity index (χ0) is 23.2. The van der Waals surface area contributed by atoms with Gasteiger partial charge >= 0.3 is 0 Å². The SMILES string of the molecule is COc1ccc(N(CC(=O)NC(C)c2ccccc2)c2nc(-c3ccc(F)cc3)cs2)cc1. The molecule has 0 aliphatic heterocycles. The molecule has 0 radical (unpaired) electrons. The van der Waals surface area contributed by atoms with E-state index in [1.807, 2.05) is 71.8 Å². The molecule has 0 bridgehead atoms. The maximum Gasteiger partial charge on any atom is 0.240 e. The van der Waals surface area contributed by atoms with Gasteiger partial charge in [-0.3, -0.25) is 4.79 Å². The average molecular weight is 462 g/mol. The van der Waals surface area contributed by atoms with E-state index < -0.39 is 0 Å². The second-order valence-electron chi connectivity index (χ2n) is 7.51. The van der Waals surface area contributed by atoms with Gasteiger partial charge in [0.2, 0.25) is 5.91 Å². The van der Waals surface area contributed by atoms with Crippen molar-refractivity contribution in [2.24, 2.45) is 0 Å². The minimum absolute atomic E-state index is 0.0971. The normalized spacial score (nSPS) is 11.6. The van der Waals surface area contributed by atoms with Crippen molar-refractivity contribution in [1.29, 1.82) is 0 Å². The lowest BCUT2D eigenvalue weighted by molar-refractivity contribution is -0.120. The smallest absolute Gasteiger partial charge is 0.240 e. The zero-order valence-corrected chi connectivity index (χ0v) is 19.2. The van der Waals surface area contributed by atoms with Crippen molar-refractivity contribution in [1.82, 2.24) is 10.3 Å². The predicted octanol–water partition coefficient (Wildman–Crippen LogP) is 5.97. The number of carbonyl (C=O) groups excluding carboxylic acids is 1. The largest absolute Gasteiger partial charge is 0.497 e. The van der Waals surface area contributed by atoms with Crippen molar-refractivity contribution in [3.05, 3.63) is 95.6 Å². The Kier molecular flexibility index (Phi) is 7.00. The number of carbonyl (C=O) groups is 1. The molecule has 0 aliphatic rings. The number of ether oxygens (including phenoxy) is 1. The lowest BCUT2D eigenvalue weighted by Crippen LogP contribution is -2.36. The molecule has 33 heavy (non-hydrogen) atoms. The third-order valence-electron chi connectivity index (χ3n) is 5.23. The molecular formula is C26H24FN3O2S. The summed E-state index contributed by atoms with van der Waals surface area (Å²) in [5.41, 5.74) is 3.40. The van der Waals surface area contributed by atoms with E-state index in [0.717, 1.165) is 28.3 Å². The number of hydrogen-bond donors (Lipinski definition) is 1. The van der Waals surface area contributed by atoms with Crippen LogP contribution >= 0.6 is 11.3 Å². The first-order valence-corrected chi connectivity index (χ1v) is 11.4. The quantitative estimate of drug-likeness (QED) is 0.351. The molecule has 4 aromatic rings. The predicted molar refractivity (Wildman–Crippen MR) is 131 cm³/mol. The Bertz CT molecular complexity index is 1190. The first-order valence-electron chi connectivity index (χ1n) is 10.5. The Balaban J connectivity index is 1.58. The van der Waals surface area contributed by atoms with Crippen LogP contribution < -0.4 is 15.0 Å². The summed E-state index contributed by atoms with van der Waals surface area (Å²) in [5, 5.41) is 5.64. The summed E-state index contributed by atoms with van der Waals surface area (Å²) in [6, 6.07) is 23.4. The van der Waals surface area contributed by atoms with Crippen LogP contribution in [0.1, 0.15) is 18.5 Å². The fourth-order valence-corrected chi connectivity index (χ4v) is 4.28. The molecule has 0 aliphatic carbocycles. The van der Waals surface area contributed by atoms with Crippen LogP contribution in [0.2, 0.25) is 0 Å². The van der Waals surface area contributed by atoms with E-state index >= 15 is 0 Å². The molecule has 1 heterocycles. The van der Waals surface area contributed by atoms with Crippen molar-refractivity contribution < 1.29 is 13.9 Å².